The van der Waals surface area contributed by atoms with Crippen LogP contribution in [0.5, 0.6) is 0 Å². The lowest BCUT2D eigenvalue weighted by molar-refractivity contribution is 0.0986. The zero-order valence-electron chi connectivity index (χ0n) is 11.1. The molecule has 0 spiro atoms. The molecule has 1 aromatic rings. The maximum Gasteiger partial charge on any atom is 0.129 e. The maximum absolute atomic E-state index is 13.9. The van der Waals surface area contributed by atoms with E-state index in [4.69, 9.17) is 10.8 Å². The van der Waals surface area contributed by atoms with Crippen LogP contribution in [0.15, 0.2) is 18.2 Å². The van der Waals surface area contributed by atoms with Crippen molar-refractivity contribution in [3.05, 3.63) is 35.4 Å². The van der Waals surface area contributed by atoms with Gasteiger partial charge in [0.15, 0.2) is 0 Å². The Morgan fingerprint density at radius 2 is 2.21 bits per heavy atom. The normalized spacial score (nSPS) is 25.7. The number of halogens is 2. The molecule has 2 atom stereocenters. The first kappa shape index (κ1) is 14.4. The first-order chi connectivity index (χ1) is 8.97. The smallest absolute Gasteiger partial charge is 0.129 e. The lowest BCUT2D eigenvalue weighted by Gasteiger charge is -2.37. The zero-order chi connectivity index (χ0) is 14.0. The van der Waals surface area contributed by atoms with Gasteiger partial charge in [0, 0.05) is 25.3 Å². The molecule has 3 N–H and O–H groups in total. The number of aliphatic hydroxyl groups is 1. The van der Waals surface area contributed by atoms with E-state index in [-0.39, 0.29) is 18.1 Å². The summed E-state index contributed by atoms with van der Waals surface area (Å²) in [4.78, 5) is 1.94. The molecule has 106 valence electrons. The highest BCUT2D eigenvalue weighted by molar-refractivity contribution is 5.27. The average molecular weight is 270 g/mol. The monoisotopic (exact) mass is 270 g/mol. The molecule has 1 aromatic carbocycles. The summed E-state index contributed by atoms with van der Waals surface area (Å²) >= 11 is 0. The highest BCUT2D eigenvalue weighted by atomic mass is 19.1. The van der Waals surface area contributed by atoms with Gasteiger partial charge in [-0.25, -0.2) is 8.78 Å². The SMILES string of the molecule is CC(CO)CN1CCC[C@]1(N)c1cc(F)ccc1F. The number of hydrogen-bond donors (Lipinski definition) is 2. The van der Waals surface area contributed by atoms with Crippen molar-refractivity contribution in [3.8, 4) is 0 Å². The van der Waals surface area contributed by atoms with Gasteiger partial charge in [-0.05, 0) is 37.0 Å². The minimum absolute atomic E-state index is 0.0534. The van der Waals surface area contributed by atoms with Crippen LogP contribution in [0.3, 0.4) is 0 Å². The van der Waals surface area contributed by atoms with Crippen LogP contribution in [0.25, 0.3) is 0 Å². The van der Waals surface area contributed by atoms with Gasteiger partial charge in [0.1, 0.15) is 11.6 Å². The van der Waals surface area contributed by atoms with Crippen LogP contribution in [0.4, 0.5) is 8.78 Å². The summed E-state index contributed by atoms with van der Waals surface area (Å²) < 4.78 is 27.3. The van der Waals surface area contributed by atoms with E-state index in [0.717, 1.165) is 25.1 Å². The third kappa shape index (κ3) is 2.78. The molecule has 1 aliphatic heterocycles. The van der Waals surface area contributed by atoms with Gasteiger partial charge < -0.3 is 10.8 Å². The van der Waals surface area contributed by atoms with Crippen LogP contribution in [0, 0.1) is 17.6 Å². The van der Waals surface area contributed by atoms with Gasteiger partial charge in [-0.1, -0.05) is 6.92 Å². The zero-order valence-corrected chi connectivity index (χ0v) is 11.1. The van der Waals surface area contributed by atoms with Gasteiger partial charge in [0.2, 0.25) is 0 Å². The molecule has 1 fully saturated rings. The predicted octanol–water partition coefficient (Wildman–Crippen LogP) is 1.80. The lowest BCUT2D eigenvalue weighted by atomic mass is 9.96. The largest absolute Gasteiger partial charge is 0.396 e. The Labute approximate surface area is 112 Å². The molecule has 0 bridgehead atoms. The van der Waals surface area contributed by atoms with Gasteiger partial charge >= 0.3 is 0 Å². The minimum Gasteiger partial charge on any atom is -0.396 e. The second-order valence-corrected chi connectivity index (χ2v) is 5.39. The van der Waals surface area contributed by atoms with E-state index >= 15 is 0 Å². The molecule has 1 aliphatic rings. The average Bonchev–Trinajstić information content (AvgIpc) is 2.75. The first-order valence-corrected chi connectivity index (χ1v) is 6.57. The fraction of sp³-hybridized carbons (Fsp3) is 0.571. The molecule has 5 heteroatoms. The third-order valence-electron chi connectivity index (χ3n) is 3.79. The Balaban J connectivity index is 2.31. The molecule has 0 aliphatic carbocycles. The molecule has 19 heavy (non-hydrogen) atoms. The van der Waals surface area contributed by atoms with Gasteiger partial charge in [0.25, 0.3) is 0 Å². The fourth-order valence-electron chi connectivity index (χ4n) is 2.72. The highest BCUT2D eigenvalue weighted by Crippen LogP contribution is 2.36. The lowest BCUT2D eigenvalue weighted by Crippen LogP contribution is -2.51. The van der Waals surface area contributed by atoms with Crippen LogP contribution in [0.1, 0.15) is 25.3 Å². The van der Waals surface area contributed by atoms with Crippen LogP contribution < -0.4 is 5.73 Å². The van der Waals surface area contributed by atoms with Crippen LogP contribution in [-0.2, 0) is 5.66 Å². The molecular formula is C14H20F2N2O. The first-order valence-electron chi connectivity index (χ1n) is 6.57. The quantitative estimate of drug-likeness (QED) is 0.877. The summed E-state index contributed by atoms with van der Waals surface area (Å²) in [7, 11) is 0. The molecule has 0 radical (unpaired) electrons. The number of nitrogens with two attached hydrogens (primary N) is 1. The van der Waals surface area contributed by atoms with Crippen molar-refractivity contribution in [1.82, 2.24) is 4.90 Å². The molecule has 0 saturated carbocycles. The maximum atomic E-state index is 13.9. The summed E-state index contributed by atoms with van der Waals surface area (Å²) in [6.07, 6.45) is 1.43. The standard InChI is InChI=1S/C14H20F2N2O/c1-10(9-19)8-18-6-2-5-14(18,17)12-7-11(15)3-4-13(12)16/h3-4,7,10,19H,2,5-6,8-9,17H2,1H3/t10?,14-/m1/s1. The van der Waals surface area contributed by atoms with Crippen molar-refractivity contribution in [2.45, 2.75) is 25.4 Å². The Morgan fingerprint density at radius 1 is 1.47 bits per heavy atom. The Morgan fingerprint density at radius 3 is 2.89 bits per heavy atom. The molecule has 1 unspecified atom stereocenters. The van der Waals surface area contributed by atoms with Crippen molar-refractivity contribution in [2.75, 3.05) is 19.7 Å². The van der Waals surface area contributed by atoms with E-state index in [1.807, 2.05) is 11.8 Å². The predicted molar refractivity (Wildman–Crippen MR) is 69.3 cm³/mol. The van der Waals surface area contributed by atoms with Crippen molar-refractivity contribution in [3.63, 3.8) is 0 Å². The van der Waals surface area contributed by atoms with Crippen molar-refractivity contribution in [2.24, 2.45) is 11.7 Å². The number of aliphatic hydroxyl groups excluding tert-OH is 1. The summed E-state index contributed by atoms with van der Waals surface area (Å²) in [5.41, 5.74) is 5.56. The van der Waals surface area contributed by atoms with Gasteiger partial charge in [-0.3, -0.25) is 4.90 Å². The van der Waals surface area contributed by atoms with Crippen molar-refractivity contribution >= 4 is 0 Å². The molecular weight excluding hydrogens is 250 g/mol. The van der Waals surface area contributed by atoms with Crippen LogP contribution in [0.2, 0.25) is 0 Å². The second kappa shape index (κ2) is 5.53. The van der Waals surface area contributed by atoms with Crippen LogP contribution >= 0.6 is 0 Å². The van der Waals surface area contributed by atoms with E-state index in [0.29, 0.717) is 13.0 Å². The number of rotatable bonds is 4. The number of likely N-dealkylation sites (tertiary alicyclic amines) is 1. The van der Waals surface area contributed by atoms with Gasteiger partial charge in [-0.2, -0.15) is 0 Å². The molecule has 1 saturated heterocycles. The molecule has 0 amide bonds. The number of benzene rings is 1. The molecule has 3 nitrogen and oxygen atoms in total. The second-order valence-electron chi connectivity index (χ2n) is 5.39. The van der Waals surface area contributed by atoms with Crippen LogP contribution in [-0.4, -0.2) is 29.7 Å². The summed E-state index contributed by atoms with van der Waals surface area (Å²) in [5.74, 6) is -0.909. The molecule has 0 aromatic heterocycles. The Hall–Kier alpha value is -1.04. The van der Waals surface area contributed by atoms with E-state index in [1.165, 1.54) is 6.07 Å². The van der Waals surface area contributed by atoms with E-state index < -0.39 is 17.3 Å². The Kier molecular flexibility index (Phi) is 4.18. The summed E-state index contributed by atoms with van der Waals surface area (Å²) in [6.45, 7) is 3.26. The topological polar surface area (TPSA) is 49.5 Å². The number of nitrogens with zero attached hydrogens (tertiary/aromatic N) is 1. The van der Waals surface area contributed by atoms with Crippen molar-refractivity contribution < 1.29 is 13.9 Å². The summed E-state index contributed by atoms with van der Waals surface area (Å²) in [5, 5.41) is 9.13. The van der Waals surface area contributed by atoms with E-state index in [2.05, 4.69) is 0 Å². The summed E-state index contributed by atoms with van der Waals surface area (Å²) in [6, 6.07) is 3.39. The Bertz CT molecular complexity index is 455. The minimum atomic E-state index is -0.977. The van der Waals surface area contributed by atoms with Gasteiger partial charge in [-0.15, -0.1) is 0 Å². The van der Waals surface area contributed by atoms with E-state index in [9.17, 15) is 8.78 Å². The highest BCUT2D eigenvalue weighted by Gasteiger charge is 2.41. The molecule has 1 heterocycles. The third-order valence-corrected chi connectivity index (χ3v) is 3.79. The molecule has 2 rings (SSSR count). The number of hydrogen-bond acceptors (Lipinski definition) is 3. The van der Waals surface area contributed by atoms with E-state index in [1.54, 1.807) is 0 Å². The fourth-order valence-corrected chi connectivity index (χ4v) is 2.72. The van der Waals surface area contributed by atoms with Crippen molar-refractivity contribution in [1.29, 1.82) is 0 Å². The van der Waals surface area contributed by atoms with Gasteiger partial charge in [0.05, 0.1) is 5.66 Å².